The minimum absolute atomic E-state index is 0.0588. The van der Waals surface area contributed by atoms with Crippen LogP contribution in [0.25, 0.3) is 0 Å². The van der Waals surface area contributed by atoms with Gasteiger partial charge in [-0.2, -0.15) is 0 Å². The fourth-order valence-corrected chi connectivity index (χ4v) is 3.20. The van der Waals surface area contributed by atoms with E-state index in [0.717, 1.165) is 44.4 Å². The van der Waals surface area contributed by atoms with Crippen molar-refractivity contribution in [2.75, 3.05) is 26.3 Å². The normalized spacial score (nSPS) is 23.1. The Morgan fingerprint density at radius 1 is 1.37 bits per heavy atom. The fourth-order valence-electron chi connectivity index (χ4n) is 3.02. The zero-order chi connectivity index (χ0) is 19.6. The molecule has 0 aromatic rings. The Morgan fingerprint density at radius 3 is 2.78 bits per heavy atom. The number of hydrogen-bond acceptors (Lipinski definition) is 5. The van der Waals surface area contributed by atoms with E-state index in [2.05, 4.69) is 58.7 Å². The third kappa shape index (κ3) is 5.58. The van der Waals surface area contributed by atoms with E-state index in [1.807, 2.05) is 31.9 Å². The number of hydrazine groups is 1. The Morgan fingerprint density at radius 2 is 2.11 bits per heavy atom. The van der Waals surface area contributed by atoms with Gasteiger partial charge in [-0.15, -0.1) is 0 Å². The van der Waals surface area contributed by atoms with E-state index >= 15 is 0 Å². The Balaban J connectivity index is 0.00000126. The van der Waals surface area contributed by atoms with Gasteiger partial charge in [0.15, 0.2) is 0 Å². The first kappa shape index (κ1) is 21.5. The SMILES string of the molecule is CC.C\C=C/C(=C\C=C\CC)C1C=C2N=C(Cl)C=C(N3CCOCC3)N2N1. The average molecular weight is 391 g/mol. The fraction of sp³-hybridized carbons (Fsp3) is 0.476. The molecule has 1 N–H and O–H groups in total. The standard InChI is InChI=1S/C19H25ClN4O.C2H6/c1-3-5-6-8-15(7-4-2)16-13-18-21-17(20)14-19(24(18)22-16)23-9-11-25-12-10-23;1-2/h4-8,13-14,16,22H,3,9-12H2,1-2H3;1-2H3/b6-5+,7-4-,15-8+;. The number of morpholine rings is 1. The Labute approximate surface area is 168 Å². The molecule has 1 saturated heterocycles. The highest BCUT2D eigenvalue weighted by atomic mass is 35.5. The van der Waals surface area contributed by atoms with E-state index in [1.165, 1.54) is 5.57 Å². The van der Waals surface area contributed by atoms with Crippen molar-refractivity contribution in [1.82, 2.24) is 15.3 Å². The van der Waals surface area contributed by atoms with Crippen molar-refractivity contribution in [3.05, 3.63) is 59.7 Å². The molecule has 0 saturated carbocycles. The van der Waals surface area contributed by atoms with Crippen molar-refractivity contribution in [3.8, 4) is 0 Å². The Hall–Kier alpha value is -1.82. The van der Waals surface area contributed by atoms with Gasteiger partial charge in [-0.05, 0) is 25.0 Å². The highest BCUT2D eigenvalue weighted by Crippen LogP contribution is 2.29. The predicted molar refractivity (Wildman–Crippen MR) is 114 cm³/mol. The summed E-state index contributed by atoms with van der Waals surface area (Å²) in [7, 11) is 0. The number of aliphatic imine (C=N–C) groups is 1. The van der Waals surface area contributed by atoms with Crippen LogP contribution in [0.5, 0.6) is 0 Å². The molecule has 0 bridgehead atoms. The molecule has 27 heavy (non-hydrogen) atoms. The molecule has 148 valence electrons. The zero-order valence-corrected chi connectivity index (χ0v) is 17.5. The summed E-state index contributed by atoms with van der Waals surface area (Å²) in [6, 6.07) is 0.0588. The summed E-state index contributed by atoms with van der Waals surface area (Å²) >= 11 is 6.27. The maximum atomic E-state index is 6.27. The third-order valence-corrected chi connectivity index (χ3v) is 4.42. The number of ether oxygens (including phenoxy) is 1. The summed E-state index contributed by atoms with van der Waals surface area (Å²) in [6.07, 6.45) is 15.6. The zero-order valence-electron chi connectivity index (χ0n) is 16.8. The first-order valence-corrected chi connectivity index (χ1v) is 10.2. The van der Waals surface area contributed by atoms with Crippen molar-refractivity contribution in [1.29, 1.82) is 0 Å². The van der Waals surface area contributed by atoms with Gasteiger partial charge in [-0.3, -0.25) is 0 Å². The van der Waals surface area contributed by atoms with E-state index < -0.39 is 0 Å². The molecular formula is C21H31ClN4O. The first-order chi connectivity index (χ1) is 13.2. The van der Waals surface area contributed by atoms with Crippen LogP contribution >= 0.6 is 11.6 Å². The van der Waals surface area contributed by atoms with Gasteiger partial charge in [-0.25, -0.2) is 15.4 Å². The van der Waals surface area contributed by atoms with Crippen LogP contribution in [-0.4, -0.2) is 47.4 Å². The van der Waals surface area contributed by atoms with Gasteiger partial charge in [0, 0.05) is 19.2 Å². The lowest BCUT2D eigenvalue weighted by atomic mass is 10.1. The van der Waals surface area contributed by atoms with Crippen LogP contribution in [0.3, 0.4) is 0 Å². The summed E-state index contributed by atoms with van der Waals surface area (Å²) in [6.45, 7) is 11.3. The van der Waals surface area contributed by atoms with Gasteiger partial charge in [0.1, 0.15) is 16.8 Å². The van der Waals surface area contributed by atoms with Crippen LogP contribution < -0.4 is 5.43 Å². The number of fused-ring (bicyclic) bond motifs is 1. The molecule has 6 heteroatoms. The smallest absolute Gasteiger partial charge is 0.148 e. The molecule has 3 aliphatic heterocycles. The van der Waals surface area contributed by atoms with Crippen LogP contribution in [0.2, 0.25) is 0 Å². The highest BCUT2D eigenvalue weighted by Gasteiger charge is 2.32. The molecule has 3 aliphatic rings. The minimum atomic E-state index is 0.0588. The molecule has 3 rings (SSSR count). The largest absolute Gasteiger partial charge is 0.378 e. The number of nitrogens with one attached hydrogen (secondary N) is 1. The Kier molecular flexibility index (Phi) is 8.85. The van der Waals surface area contributed by atoms with Gasteiger partial charge in [0.25, 0.3) is 0 Å². The lowest BCUT2D eigenvalue weighted by molar-refractivity contribution is 0.0366. The number of allylic oxidation sites excluding steroid dienone is 5. The molecule has 0 aliphatic carbocycles. The van der Waals surface area contributed by atoms with E-state index in [4.69, 9.17) is 16.3 Å². The lowest BCUT2D eigenvalue weighted by Gasteiger charge is -2.37. The van der Waals surface area contributed by atoms with Gasteiger partial charge in [0.05, 0.1) is 19.3 Å². The highest BCUT2D eigenvalue weighted by molar-refractivity contribution is 6.68. The first-order valence-electron chi connectivity index (χ1n) is 9.79. The van der Waals surface area contributed by atoms with Crippen LogP contribution in [0.4, 0.5) is 0 Å². The second-order valence-electron chi connectivity index (χ2n) is 6.01. The molecule has 0 spiro atoms. The predicted octanol–water partition coefficient (Wildman–Crippen LogP) is 4.34. The second kappa shape index (κ2) is 11.1. The van der Waals surface area contributed by atoms with Gasteiger partial charge >= 0.3 is 0 Å². The van der Waals surface area contributed by atoms with Gasteiger partial charge < -0.3 is 9.64 Å². The van der Waals surface area contributed by atoms with Crippen LogP contribution in [0.15, 0.2) is 64.7 Å². The second-order valence-corrected chi connectivity index (χ2v) is 6.39. The van der Waals surface area contributed by atoms with Crippen molar-refractivity contribution in [3.63, 3.8) is 0 Å². The maximum absolute atomic E-state index is 6.27. The topological polar surface area (TPSA) is 40.1 Å². The van der Waals surface area contributed by atoms with Crippen LogP contribution in [0, 0.1) is 0 Å². The quantitative estimate of drug-likeness (QED) is 0.709. The number of hydrogen-bond donors (Lipinski definition) is 1. The van der Waals surface area contributed by atoms with Crippen molar-refractivity contribution in [2.45, 2.75) is 40.2 Å². The summed E-state index contributed by atoms with van der Waals surface area (Å²) < 4.78 is 5.46. The summed E-state index contributed by atoms with van der Waals surface area (Å²) in [5, 5.41) is 2.54. The maximum Gasteiger partial charge on any atom is 0.148 e. The van der Waals surface area contributed by atoms with Gasteiger partial charge in [0.2, 0.25) is 0 Å². The van der Waals surface area contributed by atoms with Crippen molar-refractivity contribution in [2.24, 2.45) is 4.99 Å². The number of rotatable bonds is 5. The van der Waals surface area contributed by atoms with Crippen LogP contribution in [0.1, 0.15) is 34.1 Å². The molecule has 0 radical (unpaired) electrons. The molecule has 0 aromatic carbocycles. The van der Waals surface area contributed by atoms with Gasteiger partial charge in [-0.1, -0.05) is 62.8 Å². The Bertz CT molecular complexity index is 670. The number of halogens is 1. The summed E-state index contributed by atoms with van der Waals surface area (Å²) in [4.78, 5) is 6.76. The monoisotopic (exact) mass is 390 g/mol. The molecule has 0 amide bonds. The molecule has 1 atom stereocenters. The minimum Gasteiger partial charge on any atom is -0.378 e. The third-order valence-electron chi connectivity index (χ3n) is 4.23. The summed E-state index contributed by atoms with van der Waals surface area (Å²) in [5.41, 5.74) is 4.73. The molecular weight excluding hydrogens is 360 g/mol. The molecule has 3 heterocycles. The van der Waals surface area contributed by atoms with Crippen LogP contribution in [-0.2, 0) is 4.74 Å². The molecule has 5 nitrogen and oxygen atoms in total. The molecule has 1 unspecified atom stereocenters. The van der Waals surface area contributed by atoms with E-state index in [9.17, 15) is 0 Å². The van der Waals surface area contributed by atoms with E-state index in [-0.39, 0.29) is 6.04 Å². The molecule has 0 aromatic heterocycles. The lowest BCUT2D eigenvalue weighted by Crippen LogP contribution is -2.47. The van der Waals surface area contributed by atoms with Crippen molar-refractivity contribution < 1.29 is 4.74 Å². The summed E-state index contributed by atoms with van der Waals surface area (Å²) in [5.74, 6) is 1.87. The van der Waals surface area contributed by atoms with E-state index in [1.54, 1.807) is 0 Å². The van der Waals surface area contributed by atoms with Crippen molar-refractivity contribution >= 4 is 16.8 Å². The average Bonchev–Trinajstić information content (AvgIpc) is 3.13. The molecule has 1 fully saturated rings. The van der Waals surface area contributed by atoms with E-state index in [0.29, 0.717) is 5.17 Å². The number of nitrogens with zero attached hydrogens (tertiary/aromatic N) is 3.